The van der Waals surface area contributed by atoms with Crippen molar-refractivity contribution < 1.29 is 27.1 Å². The molecule has 0 saturated heterocycles. The molecule has 2 aromatic carbocycles. The summed E-state index contributed by atoms with van der Waals surface area (Å²) in [7, 11) is -3.65. The molecule has 0 aliphatic carbocycles. The molecule has 0 aromatic heterocycles. The minimum Gasteiger partial charge on any atom is -0.492 e. The van der Waals surface area contributed by atoms with Crippen LogP contribution in [0.5, 0.6) is 5.75 Å². The normalized spacial score (nSPS) is 12.2. The number of halogens is 1. The van der Waals surface area contributed by atoms with Gasteiger partial charge in [-0.1, -0.05) is 45.0 Å². The quantitative estimate of drug-likeness (QED) is 0.356. The Hall–Kier alpha value is -3.14. The molecule has 0 heterocycles. The Morgan fingerprint density at radius 2 is 1.71 bits per heavy atom. The molecular weight excluding hydrogens is 509 g/mol. The average Bonchev–Trinajstić information content (AvgIpc) is 2.86. The topological polar surface area (TPSA) is 96.0 Å². The molecule has 8 nitrogen and oxygen atoms in total. The van der Waals surface area contributed by atoms with Crippen LogP contribution in [0.4, 0.5) is 10.1 Å². The highest BCUT2D eigenvalue weighted by atomic mass is 32.2. The molecule has 1 unspecified atom stereocenters. The van der Waals surface area contributed by atoms with E-state index in [1.165, 1.54) is 21.3 Å². The van der Waals surface area contributed by atoms with Crippen LogP contribution >= 0.6 is 0 Å². The van der Waals surface area contributed by atoms with E-state index in [1.807, 2.05) is 27.7 Å². The highest BCUT2D eigenvalue weighted by Gasteiger charge is 2.29. The van der Waals surface area contributed by atoms with Gasteiger partial charge >= 0.3 is 0 Å². The second-order valence-corrected chi connectivity index (χ2v) is 11.5. The third-order valence-electron chi connectivity index (χ3n) is 5.92. The van der Waals surface area contributed by atoms with Gasteiger partial charge in [0.25, 0.3) is 0 Å². The minimum atomic E-state index is -3.65. The molecule has 0 spiro atoms. The number of para-hydroxylation sites is 2. The van der Waals surface area contributed by atoms with Crippen molar-refractivity contribution in [2.45, 2.75) is 59.5 Å². The number of anilines is 1. The van der Waals surface area contributed by atoms with Crippen molar-refractivity contribution in [3.8, 4) is 5.75 Å². The van der Waals surface area contributed by atoms with Crippen LogP contribution in [0.2, 0.25) is 0 Å². The maximum Gasteiger partial charge on any atom is 0.242 e. The second kappa shape index (κ2) is 14.7. The van der Waals surface area contributed by atoms with Crippen molar-refractivity contribution in [3.05, 3.63) is 59.9 Å². The van der Waals surface area contributed by atoms with E-state index < -0.39 is 16.1 Å². The highest BCUT2D eigenvalue weighted by molar-refractivity contribution is 7.92. The van der Waals surface area contributed by atoms with Gasteiger partial charge in [-0.3, -0.25) is 13.9 Å². The number of ether oxygens (including phenoxy) is 1. The molecule has 210 valence electrons. The van der Waals surface area contributed by atoms with Crippen LogP contribution in [-0.4, -0.2) is 57.1 Å². The molecule has 2 aromatic rings. The summed E-state index contributed by atoms with van der Waals surface area (Å²) in [5, 5.41) is 2.90. The summed E-state index contributed by atoms with van der Waals surface area (Å²) in [5.41, 5.74) is 1.10. The van der Waals surface area contributed by atoms with Gasteiger partial charge in [-0.15, -0.1) is 0 Å². The zero-order valence-corrected chi connectivity index (χ0v) is 23.8. The van der Waals surface area contributed by atoms with Gasteiger partial charge in [0.15, 0.2) is 0 Å². The van der Waals surface area contributed by atoms with Crippen molar-refractivity contribution >= 4 is 27.5 Å². The third kappa shape index (κ3) is 9.31. The van der Waals surface area contributed by atoms with Crippen molar-refractivity contribution in [1.82, 2.24) is 10.2 Å². The molecule has 0 radical (unpaired) electrons. The Kier molecular flexibility index (Phi) is 12.0. The van der Waals surface area contributed by atoms with Crippen molar-refractivity contribution in [3.63, 3.8) is 0 Å². The lowest BCUT2D eigenvalue weighted by molar-refractivity contribution is -0.141. The number of sulfonamides is 1. The van der Waals surface area contributed by atoms with E-state index >= 15 is 0 Å². The van der Waals surface area contributed by atoms with Gasteiger partial charge in [0, 0.05) is 26.1 Å². The Bertz CT molecular complexity index is 1160. The summed E-state index contributed by atoms with van der Waals surface area (Å²) in [6.07, 6.45) is 1.77. The smallest absolute Gasteiger partial charge is 0.242 e. The number of hydrogen-bond acceptors (Lipinski definition) is 5. The largest absolute Gasteiger partial charge is 0.492 e. The van der Waals surface area contributed by atoms with Gasteiger partial charge in [-0.05, 0) is 55.5 Å². The molecule has 1 atom stereocenters. The van der Waals surface area contributed by atoms with Crippen LogP contribution in [0.3, 0.4) is 0 Å². The van der Waals surface area contributed by atoms with Crippen molar-refractivity contribution in [1.29, 1.82) is 0 Å². The van der Waals surface area contributed by atoms with E-state index in [1.54, 1.807) is 36.4 Å². The maximum atomic E-state index is 13.5. The van der Waals surface area contributed by atoms with Gasteiger partial charge < -0.3 is 15.0 Å². The van der Waals surface area contributed by atoms with Gasteiger partial charge in [0.05, 0.1) is 18.6 Å². The molecule has 0 aliphatic rings. The predicted molar refractivity (Wildman–Crippen MR) is 148 cm³/mol. The fourth-order valence-electron chi connectivity index (χ4n) is 4.05. The van der Waals surface area contributed by atoms with E-state index in [9.17, 15) is 22.4 Å². The minimum absolute atomic E-state index is 0.0258. The third-order valence-corrected chi connectivity index (χ3v) is 7.10. The van der Waals surface area contributed by atoms with Crippen molar-refractivity contribution in [2.24, 2.45) is 5.92 Å². The lowest BCUT2D eigenvalue weighted by atomic mass is 10.1. The first kappa shape index (κ1) is 31.1. The lowest BCUT2D eigenvalue weighted by Gasteiger charge is -2.31. The molecule has 38 heavy (non-hydrogen) atoms. The van der Waals surface area contributed by atoms with Gasteiger partial charge in [-0.25, -0.2) is 12.8 Å². The first-order valence-corrected chi connectivity index (χ1v) is 14.8. The standard InChI is InChI=1S/C28H40FN3O5S/c1-6-24(28(34)30-19-21(3)4)31(20-22-14-16-23(29)17-15-22)27(33)13-10-18-32(38(5,35)36)25-11-8-9-12-26(25)37-7-2/h8-9,11-12,14-17,21,24H,6-7,10,13,18-20H2,1-5H3,(H,30,34). The summed E-state index contributed by atoms with van der Waals surface area (Å²) < 4.78 is 45.6. The summed E-state index contributed by atoms with van der Waals surface area (Å²) in [4.78, 5) is 28.0. The van der Waals surface area contributed by atoms with Crippen molar-refractivity contribution in [2.75, 3.05) is 30.3 Å². The van der Waals surface area contributed by atoms with Crippen LogP contribution in [0.15, 0.2) is 48.5 Å². The maximum absolute atomic E-state index is 13.5. The summed E-state index contributed by atoms with van der Waals surface area (Å²) >= 11 is 0. The zero-order chi connectivity index (χ0) is 28.3. The number of rotatable bonds is 15. The van der Waals surface area contributed by atoms with Crippen LogP contribution in [0.25, 0.3) is 0 Å². The van der Waals surface area contributed by atoms with E-state index in [2.05, 4.69) is 5.32 Å². The summed E-state index contributed by atoms with van der Waals surface area (Å²) in [6, 6.07) is 12.0. The monoisotopic (exact) mass is 549 g/mol. The SMILES string of the molecule is CCOc1ccccc1N(CCCC(=O)N(Cc1ccc(F)cc1)C(CC)C(=O)NCC(C)C)S(C)(=O)=O. The number of carbonyl (C=O) groups is 2. The molecule has 0 fully saturated rings. The molecule has 0 saturated carbocycles. The summed E-state index contributed by atoms with van der Waals surface area (Å²) in [5.74, 6) is -0.231. The Morgan fingerprint density at radius 3 is 2.29 bits per heavy atom. The van der Waals surface area contributed by atoms with E-state index in [-0.39, 0.29) is 49.5 Å². The Labute approximate surface area is 226 Å². The summed E-state index contributed by atoms with van der Waals surface area (Å²) in [6.45, 7) is 8.68. The highest BCUT2D eigenvalue weighted by Crippen LogP contribution is 2.30. The fraction of sp³-hybridized carbons (Fsp3) is 0.500. The fourth-order valence-corrected chi connectivity index (χ4v) is 5.02. The van der Waals surface area contributed by atoms with Gasteiger partial charge in [-0.2, -0.15) is 0 Å². The van der Waals surface area contributed by atoms with Crippen LogP contribution in [-0.2, 0) is 26.2 Å². The van der Waals surface area contributed by atoms with E-state index in [4.69, 9.17) is 4.74 Å². The number of amides is 2. The van der Waals surface area contributed by atoms with Crippen LogP contribution in [0.1, 0.15) is 52.5 Å². The van der Waals surface area contributed by atoms with E-state index in [0.29, 0.717) is 36.6 Å². The average molecular weight is 550 g/mol. The molecule has 1 N–H and O–H groups in total. The molecule has 2 amide bonds. The first-order chi connectivity index (χ1) is 18.0. The second-order valence-electron chi connectivity index (χ2n) is 9.55. The number of nitrogens with zero attached hydrogens (tertiary/aromatic N) is 2. The van der Waals surface area contributed by atoms with Crippen LogP contribution < -0.4 is 14.4 Å². The molecular formula is C28H40FN3O5S. The number of benzene rings is 2. The molecule has 0 aliphatic heterocycles. The molecule has 0 bridgehead atoms. The Balaban J connectivity index is 2.24. The number of carbonyl (C=O) groups excluding carboxylic acids is 2. The molecule has 10 heteroatoms. The van der Waals surface area contributed by atoms with Gasteiger partial charge in [0.1, 0.15) is 17.6 Å². The number of nitrogens with one attached hydrogen (secondary N) is 1. The zero-order valence-electron chi connectivity index (χ0n) is 22.9. The van der Waals surface area contributed by atoms with Gasteiger partial charge in [0.2, 0.25) is 21.8 Å². The molecule has 2 rings (SSSR count). The predicted octanol–water partition coefficient (Wildman–Crippen LogP) is 4.35. The number of hydrogen-bond donors (Lipinski definition) is 1. The first-order valence-electron chi connectivity index (χ1n) is 13.0. The van der Waals surface area contributed by atoms with Crippen LogP contribution in [0, 0.1) is 11.7 Å². The Morgan fingerprint density at radius 1 is 1.05 bits per heavy atom. The lowest BCUT2D eigenvalue weighted by Crippen LogP contribution is -2.49. The van der Waals surface area contributed by atoms with E-state index in [0.717, 1.165) is 6.26 Å².